The average molecular weight is 699 g/mol. The van der Waals surface area contributed by atoms with Gasteiger partial charge < -0.3 is 0 Å². The molecule has 54 heavy (non-hydrogen) atoms. The number of carbonyl (C=O) groups is 3. The highest BCUT2D eigenvalue weighted by Crippen LogP contribution is 2.22. The smallest absolute Gasteiger partial charge is 0.193 e. The van der Waals surface area contributed by atoms with Gasteiger partial charge in [0.15, 0.2) is 17.3 Å². The highest BCUT2D eigenvalue weighted by molar-refractivity contribution is 6.10. The van der Waals surface area contributed by atoms with Gasteiger partial charge in [0.1, 0.15) is 0 Å². The van der Waals surface area contributed by atoms with Crippen molar-refractivity contribution < 1.29 is 14.4 Å². The fourth-order valence-electron chi connectivity index (χ4n) is 5.75. The second-order valence-electron chi connectivity index (χ2n) is 12.3. The standard InChI is InChI=1S/2C19H14O.C13H10O/c2*20-19(17-9-5-2-6-10-17)18-13-11-16(12-14-18)15-7-3-1-4-8-15;14-13(11-7-3-1-4-8-11)12-9-5-2-6-10-12/h2*1-14H;1-10H. The van der Waals surface area contributed by atoms with E-state index < -0.39 is 0 Å². The molecule has 0 radical (unpaired) electrons. The highest BCUT2D eigenvalue weighted by atomic mass is 16.1. The first-order valence-electron chi connectivity index (χ1n) is 17.7. The summed E-state index contributed by atoms with van der Waals surface area (Å²) in [4.78, 5) is 36.4. The summed E-state index contributed by atoms with van der Waals surface area (Å²) in [5.74, 6) is 0.196. The predicted octanol–water partition coefficient (Wildman–Crippen LogP) is 12.1. The van der Waals surface area contributed by atoms with Crippen LogP contribution in [0.25, 0.3) is 22.3 Å². The summed E-state index contributed by atoms with van der Waals surface area (Å²) in [7, 11) is 0. The molecule has 0 heterocycles. The molecule has 0 fully saturated rings. The molecule has 0 aliphatic carbocycles. The number of hydrogen-bond donors (Lipinski definition) is 0. The van der Waals surface area contributed by atoms with E-state index in [1.165, 1.54) is 0 Å². The molecular weight excluding hydrogens is 661 g/mol. The number of hydrogen-bond acceptors (Lipinski definition) is 3. The molecule has 0 saturated carbocycles. The summed E-state index contributed by atoms with van der Waals surface area (Å²) >= 11 is 0. The lowest BCUT2D eigenvalue weighted by Crippen LogP contribution is -2.00. The number of benzene rings is 8. The van der Waals surface area contributed by atoms with Crippen LogP contribution in [0.4, 0.5) is 0 Å². The van der Waals surface area contributed by atoms with Crippen molar-refractivity contribution >= 4 is 17.3 Å². The molecular formula is C51H38O3. The van der Waals surface area contributed by atoms with Gasteiger partial charge in [0.05, 0.1) is 0 Å². The van der Waals surface area contributed by atoms with Crippen molar-refractivity contribution in [2.24, 2.45) is 0 Å². The third-order valence-electron chi connectivity index (χ3n) is 8.65. The molecule has 260 valence electrons. The molecule has 0 saturated heterocycles. The van der Waals surface area contributed by atoms with Gasteiger partial charge in [-0.15, -0.1) is 0 Å². The summed E-state index contributed by atoms with van der Waals surface area (Å²) in [5, 5.41) is 0. The molecule has 8 aromatic carbocycles. The molecule has 8 aromatic rings. The van der Waals surface area contributed by atoms with Crippen molar-refractivity contribution in [3.63, 3.8) is 0 Å². The molecule has 0 N–H and O–H groups in total. The minimum Gasteiger partial charge on any atom is -0.289 e. The number of ketones is 3. The molecule has 0 aliphatic rings. The lowest BCUT2D eigenvalue weighted by Gasteiger charge is -2.04. The Kier molecular flexibility index (Phi) is 12.8. The van der Waals surface area contributed by atoms with Crippen LogP contribution in [0.15, 0.2) is 231 Å². The molecule has 0 atom stereocenters. The normalized spacial score (nSPS) is 10.1. The van der Waals surface area contributed by atoms with Crippen LogP contribution in [0.2, 0.25) is 0 Å². The number of carbonyl (C=O) groups excluding carboxylic acids is 3. The van der Waals surface area contributed by atoms with Crippen LogP contribution in [0.5, 0.6) is 0 Å². The van der Waals surface area contributed by atoms with Gasteiger partial charge >= 0.3 is 0 Å². The van der Waals surface area contributed by atoms with Crippen LogP contribution in [0.3, 0.4) is 0 Å². The summed E-state index contributed by atoms with van der Waals surface area (Å²) in [6.45, 7) is 0. The first kappa shape index (κ1) is 36.6. The minimum atomic E-state index is 0.0604. The molecule has 0 bridgehead atoms. The van der Waals surface area contributed by atoms with Crippen molar-refractivity contribution in [2.45, 2.75) is 0 Å². The molecule has 3 nitrogen and oxygen atoms in total. The van der Waals surface area contributed by atoms with Gasteiger partial charge in [-0.3, -0.25) is 14.4 Å². The van der Waals surface area contributed by atoms with Crippen molar-refractivity contribution in [3.8, 4) is 22.3 Å². The Labute approximate surface area is 316 Å². The zero-order valence-electron chi connectivity index (χ0n) is 29.7. The number of rotatable bonds is 8. The Morgan fingerprint density at radius 1 is 0.185 bits per heavy atom. The van der Waals surface area contributed by atoms with E-state index in [-0.39, 0.29) is 17.3 Å². The molecule has 0 spiro atoms. The Morgan fingerprint density at radius 2 is 0.352 bits per heavy atom. The van der Waals surface area contributed by atoms with Crippen LogP contribution >= 0.6 is 0 Å². The molecule has 0 aliphatic heterocycles. The maximum atomic E-state index is 12.3. The van der Waals surface area contributed by atoms with E-state index in [4.69, 9.17) is 0 Å². The Hall–Kier alpha value is -7.23. The summed E-state index contributed by atoms with van der Waals surface area (Å²) in [6, 6.07) is 73.1. The fraction of sp³-hybridized carbons (Fsp3) is 0. The van der Waals surface area contributed by atoms with E-state index in [9.17, 15) is 14.4 Å². The van der Waals surface area contributed by atoms with Gasteiger partial charge in [-0.2, -0.15) is 0 Å². The predicted molar refractivity (Wildman–Crippen MR) is 220 cm³/mol. The van der Waals surface area contributed by atoms with Crippen molar-refractivity contribution in [3.05, 3.63) is 264 Å². The third-order valence-corrected chi connectivity index (χ3v) is 8.65. The Bertz CT molecular complexity index is 2180. The zero-order valence-corrected chi connectivity index (χ0v) is 29.7. The lowest BCUT2D eigenvalue weighted by molar-refractivity contribution is 0.103. The van der Waals surface area contributed by atoms with E-state index in [1.54, 1.807) is 0 Å². The lowest BCUT2D eigenvalue weighted by atomic mass is 9.99. The van der Waals surface area contributed by atoms with E-state index in [2.05, 4.69) is 24.3 Å². The highest BCUT2D eigenvalue weighted by Gasteiger charge is 2.10. The summed E-state index contributed by atoms with van der Waals surface area (Å²) in [5.41, 5.74) is 8.91. The van der Waals surface area contributed by atoms with Crippen molar-refractivity contribution in [1.82, 2.24) is 0 Å². The average Bonchev–Trinajstić information content (AvgIpc) is 3.28. The summed E-state index contributed by atoms with van der Waals surface area (Å²) < 4.78 is 0. The quantitative estimate of drug-likeness (QED) is 0.148. The first-order chi connectivity index (χ1) is 26.6. The van der Waals surface area contributed by atoms with Gasteiger partial charge in [0, 0.05) is 33.4 Å². The molecule has 0 unspecified atom stereocenters. The second kappa shape index (κ2) is 18.8. The largest absolute Gasteiger partial charge is 0.289 e. The van der Waals surface area contributed by atoms with E-state index in [0.717, 1.165) is 55.6 Å². The van der Waals surface area contributed by atoms with Gasteiger partial charge in [0.25, 0.3) is 0 Å². The van der Waals surface area contributed by atoms with E-state index >= 15 is 0 Å². The SMILES string of the molecule is O=C(c1ccccc1)c1ccc(-c2ccccc2)cc1.O=C(c1ccccc1)c1ccc(-c2ccccc2)cc1.O=C(c1ccccc1)c1ccccc1. The Morgan fingerprint density at radius 3 is 0.574 bits per heavy atom. The fourth-order valence-corrected chi connectivity index (χ4v) is 5.75. The van der Waals surface area contributed by atoms with E-state index in [1.807, 2.05) is 206 Å². The summed E-state index contributed by atoms with van der Waals surface area (Å²) in [6.07, 6.45) is 0. The molecule has 3 heteroatoms. The van der Waals surface area contributed by atoms with E-state index in [0.29, 0.717) is 0 Å². The van der Waals surface area contributed by atoms with Crippen LogP contribution in [0, 0.1) is 0 Å². The van der Waals surface area contributed by atoms with Gasteiger partial charge in [-0.05, 0) is 22.3 Å². The zero-order chi connectivity index (χ0) is 37.4. The monoisotopic (exact) mass is 698 g/mol. The van der Waals surface area contributed by atoms with Crippen molar-refractivity contribution in [1.29, 1.82) is 0 Å². The molecule has 0 aromatic heterocycles. The van der Waals surface area contributed by atoms with Crippen LogP contribution in [0.1, 0.15) is 47.8 Å². The Balaban J connectivity index is 0.000000141. The maximum absolute atomic E-state index is 12.3. The maximum Gasteiger partial charge on any atom is 0.193 e. The van der Waals surface area contributed by atoms with Crippen molar-refractivity contribution in [2.75, 3.05) is 0 Å². The first-order valence-corrected chi connectivity index (χ1v) is 17.7. The van der Waals surface area contributed by atoms with Crippen LogP contribution < -0.4 is 0 Å². The molecule has 0 amide bonds. The minimum absolute atomic E-state index is 0.0604. The molecule has 8 rings (SSSR count). The topological polar surface area (TPSA) is 51.2 Å². The van der Waals surface area contributed by atoms with Gasteiger partial charge in [0.2, 0.25) is 0 Å². The second-order valence-corrected chi connectivity index (χ2v) is 12.3. The van der Waals surface area contributed by atoms with Crippen LogP contribution in [-0.4, -0.2) is 17.3 Å². The third kappa shape index (κ3) is 9.97. The van der Waals surface area contributed by atoms with Crippen LogP contribution in [-0.2, 0) is 0 Å². The van der Waals surface area contributed by atoms with Gasteiger partial charge in [-0.25, -0.2) is 0 Å². The van der Waals surface area contributed by atoms with Gasteiger partial charge in [-0.1, -0.05) is 231 Å².